The van der Waals surface area contributed by atoms with E-state index in [-0.39, 0.29) is 17.8 Å². The van der Waals surface area contributed by atoms with Gasteiger partial charge in [0.1, 0.15) is 5.82 Å². The van der Waals surface area contributed by atoms with Crippen LogP contribution in [-0.2, 0) is 12.8 Å². The van der Waals surface area contributed by atoms with Crippen LogP contribution in [0.25, 0.3) is 0 Å². The Hall–Kier alpha value is -3.74. The molecule has 3 aromatic rings. The van der Waals surface area contributed by atoms with Crippen molar-refractivity contribution in [3.05, 3.63) is 82.7 Å². The van der Waals surface area contributed by atoms with E-state index < -0.39 is 0 Å². The van der Waals surface area contributed by atoms with Crippen molar-refractivity contribution in [2.75, 3.05) is 35.0 Å². The molecule has 1 unspecified atom stereocenters. The Morgan fingerprint density at radius 3 is 2.12 bits per heavy atom. The van der Waals surface area contributed by atoms with E-state index in [4.69, 9.17) is 18.9 Å². The largest absolute Gasteiger partial charge is 0.493 e. The Morgan fingerprint density at radius 1 is 0.853 bits per heavy atom. The second-order valence-electron chi connectivity index (χ2n) is 8.07. The van der Waals surface area contributed by atoms with E-state index in [9.17, 15) is 9.18 Å². The highest BCUT2D eigenvalue weighted by Gasteiger charge is 2.33. The summed E-state index contributed by atoms with van der Waals surface area (Å²) in [5.74, 6) is 2.00. The van der Waals surface area contributed by atoms with Crippen LogP contribution in [-0.4, -0.2) is 45.8 Å². The number of benzene rings is 3. The van der Waals surface area contributed by atoms with Crippen molar-refractivity contribution in [2.45, 2.75) is 18.9 Å². The molecule has 0 aliphatic carbocycles. The maximum absolute atomic E-state index is 13.5. The summed E-state index contributed by atoms with van der Waals surface area (Å²) >= 11 is 0. The molecule has 7 heteroatoms. The molecule has 0 N–H and O–H groups in total. The van der Waals surface area contributed by atoms with Gasteiger partial charge >= 0.3 is 0 Å². The highest BCUT2D eigenvalue weighted by atomic mass is 19.1. The predicted molar refractivity (Wildman–Crippen MR) is 127 cm³/mol. The standard InChI is InChI=1S/C27H28FNO5/c1-31-23-10-5-17(14-24(23)32-2)13-22-21-16-26(34-4)25(33-3)15-19(21)11-12-29(22)27(30)18-6-8-20(28)9-7-18/h5-10,14-16,22H,11-13H2,1-4H3. The van der Waals surface area contributed by atoms with Crippen LogP contribution in [0.2, 0.25) is 0 Å². The summed E-state index contributed by atoms with van der Waals surface area (Å²) in [6.45, 7) is 0.524. The van der Waals surface area contributed by atoms with E-state index in [1.54, 1.807) is 28.4 Å². The van der Waals surface area contributed by atoms with Gasteiger partial charge in [-0.15, -0.1) is 0 Å². The first-order valence-electron chi connectivity index (χ1n) is 11.0. The Balaban J connectivity index is 1.78. The maximum Gasteiger partial charge on any atom is 0.254 e. The molecular formula is C27H28FNO5. The predicted octanol–water partition coefficient (Wildman–Crippen LogP) is 4.84. The number of amides is 1. The summed E-state index contributed by atoms with van der Waals surface area (Å²) in [6.07, 6.45) is 1.22. The third kappa shape index (κ3) is 4.51. The lowest BCUT2D eigenvalue weighted by atomic mass is 9.87. The minimum atomic E-state index is -0.376. The molecule has 1 heterocycles. The van der Waals surface area contributed by atoms with Crippen LogP contribution < -0.4 is 18.9 Å². The summed E-state index contributed by atoms with van der Waals surface area (Å²) in [6, 6.07) is 15.1. The average molecular weight is 466 g/mol. The van der Waals surface area contributed by atoms with Gasteiger partial charge < -0.3 is 23.8 Å². The van der Waals surface area contributed by atoms with Gasteiger partial charge in [0, 0.05) is 12.1 Å². The number of carbonyl (C=O) groups is 1. The van der Waals surface area contributed by atoms with Crippen LogP contribution in [0.1, 0.15) is 33.1 Å². The zero-order valence-electron chi connectivity index (χ0n) is 19.8. The molecule has 0 saturated heterocycles. The van der Waals surface area contributed by atoms with Gasteiger partial charge in [0.15, 0.2) is 23.0 Å². The van der Waals surface area contributed by atoms with E-state index in [1.807, 2.05) is 35.2 Å². The van der Waals surface area contributed by atoms with Crippen molar-refractivity contribution >= 4 is 5.91 Å². The molecule has 1 aliphatic heterocycles. The molecule has 34 heavy (non-hydrogen) atoms. The summed E-state index contributed by atoms with van der Waals surface area (Å²) in [4.78, 5) is 15.4. The van der Waals surface area contributed by atoms with Gasteiger partial charge in [0.2, 0.25) is 0 Å². The number of halogens is 1. The number of fused-ring (bicyclic) bond motifs is 1. The van der Waals surface area contributed by atoms with Gasteiger partial charge in [-0.3, -0.25) is 4.79 Å². The van der Waals surface area contributed by atoms with Crippen LogP contribution in [0.5, 0.6) is 23.0 Å². The number of carbonyl (C=O) groups excluding carboxylic acids is 1. The lowest BCUT2D eigenvalue weighted by Gasteiger charge is -2.38. The molecule has 1 atom stereocenters. The van der Waals surface area contributed by atoms with E-state index in [2.05, 4.69) is 0 Å². The molecule has 178 valence electrons. The third-order valence-electron chi connectivity index (χ3n) is 6.23. The van der Waals surface area contributed by atoms with Crippen LogP contribution in [0.15, 0.2) is 54.6 Å². The van der Waals surface area contributed by atoms with Crippen LogP contribution >= 0.6 is 0 Å². The zero-order valence-corrected chi connectivity index (χ0v) is 19.8. The van der Waals surface area contributed by atoms with Gasteiger partial charge in [0.05, 0.1) is 34.5 Å². The molecule has 0 spiro atoms. The quantitative estimate of drug-likeness (QED) is 0.500. The Kier molecular flexibility index (Phi) is 6.91. The van der Waals surface area contributed by atoms with Gasteiger partial charge in [-0.25, -0.2) is 4.39 Å². The molecule has 6 nitrogen and oxygen atoms in total. The van der Waals surface area contributed by atoms with E-state index in [0.717, 1.165) is 16.7 Å². The summed E-state index contributed by atoms with van der Waals surface area (Å²) in [5.41, 5.74) is 3.53. The number of hydrogen-bond donors (Lipinski definition) is 0. The van der Waals surface area contributed by atoms with Crippen molar-refractivity contribution in [3.63, 3.8) is 0 Å². The number of rotatable bonds is 7. The molecule has 0 aromatic heterocycles. The third-order valence-corrected chi connectivity index (χ3v) is 6.23. The molecule has 3 aromatic carbocycles. The number of hydrogen-bond acceptors (Lipinski definition) is 5. The first-order valence-corrected chi connectivity index (χ1v) is 11.0. The normalized spacial score (nSPS) is 14.9. The van der Waals surface area contributed by atoms with Crippen molar-refractivity contribution in [2.24, 2.45) is 0 Å². The Labute approximate surface area is 198 Å². The molecule has 1 aliphatic rings. The summed E-state index contributed by atoms with van der Waals surface area (Å²) in [5, 5.41) is 0. The minimum absolute atomic E-state index is 0.147. The second-order valence-corrected chi connectivity index (χ2v) is 8.07. The summed E-state index contributed by atoms with van der Waals surface area (Å²) < 4.78 is 35.4. The molecule has 0 bridgehead atoms. The topological polar surface area (TPSA) is 57.2 Å². The lowest BCUT2D eigenvalue weighted by Crippen LogP contribution is -2.41. The SMILES string of the molecule is COc1ccc(CC2c3cc(OC)c(OC)cc3CCN2C(=O)c2ccc(F)cc2)cc1OC. The first kappa shape index (κ1) is 23.4. The highest BCUT2D eigenvalue weighted by Crippen LogP contribution is 2.40. The van der Waals surface area contributed by atoms with Crippen LogP contribution in [0, 0.1) is 5.82 Å². The Morgan fingerprint density at radius 2 is 1.47 bits per heavy atom. The fourth-order valence-electron chi connectivity index (χ4n) is 4.48. The molecule has 4 rings (SSSR count). The van der Waals surface area contributed by atoms with Gasteiger partial charge in [0.25, 0.3) is 5.91 Å². The van der Waals surface area contributed by atoms with Crippen molar-refractivity contribution in [1.29, 1.82) is 0 Å². The van der Waals surface area contributed by atoms with Gasteiger partial charge in [-0.05, 0) is 78.1 Å². The van der Waals surface area contributed by atoms with Crippen LogP contribution in [0.3, 0.4) is 0 Å². The van der Waals surface area contributed by atoms with Crippen molar-refractivity contribution in [1.82, 2.24) is 4.90 Å². The monoisotopic (exact) mass is 465 g/mol. The van der Waals surface area contributed by atoms with Gasteiger partial charge in [-0.1, -0.05) is 6.07 Å². The smallest absolute Gasteiger partial charge is 0.254 e. The second kappa shape index (κ2) is 10.0. The molecule has 0 radical (unpaired) electrons. The summed E-state index contributed by atoms with van der Waals surface area (Å²) in [7, 11) is 6.40. The lowest BCUT2D eigenvalue weighted by molar-refractivity contribution is 0.0659. The molecular weight excluding hydrogens is 437 g/mol. The molecule has 1 amide bonds. The van der Waals surface area contributed by atoms with E-state index >= 15 is 0 Å². The number of ether oxygens (including phenoxy) is 4. The maximum atomic E-state index is 13.5. The zero-order chi connectivity index (χ0) is 24.2. The highest BCUT2D eigenvalue weighted by molar-refractivity contribution is 5.94. The van der Waals surface area contributed by atoms with Gasteiger partial charge in [-0.2, -0.15) is 0 Å². The fourth-order valence-corrected chi connectivity index (χ4v) is 4.48. The van der Waals surface area contributed by atoms with Crippen molar-refractivity contribution < 1.29 is 28.1 Å². The number of nitrogens with zero attached hydrogens (tertiary/aromatic N) is 1. The van der Waals surface area contributed by atoms with E-state index in [1.165, 1.54) is 24.3 Å². The van der Waals surface area contributed by atoms with E-state index in [0.29, 0.717) is 47.9 Å². The van der Waals surface area contributed by atoms with Crippen molar-refractivity contribution in [3.8, 4) is 23.0 Å². The Bertz CT molecular complexity index is 1180. The van der Waals surface area contributed by atoms with Crippen LogP contribution in [0.4, 0.5) is 4.39 Å². The molecule has 0 saturated carbocycles. The fraction of sp³-hybridized carbons (Fsp3) is 0.296. The molecule has 0 fully saturated rings. The minimum Gasteiger partial charge on any atom is -0.493 e. The average Bonchev–Trinajstić information content (AvgIpc) is 2.87. The first-order chi connectivity index (χ1) is 16.5. The number of methoxy groups -OCH3 is 4.